The second-order valence-corrected chi connectivity index (χ2v) is 9.41. The molecule has 184 valence electrons. The highest BCUT2D eigenvalue weighted by Crippen LogP contribution is 2.24. The van der Waals surface area contributed by atoms with E-state index in [2.05, 4.69) is 15.7 Å². The van der Waals surface area contributed by atoms with E-state index >= 15 is 0 Å². The number of benzene rings is 3. The quantitative estimate of drug-likeness (QED) is 0.342. The van der Waals surface area contributed by atoms with Crippen LogP contribution in [0.4, 0.5) is 10.5 Å². The number of hydrogen-bond donors (Lipinski definition) is 2. The minimum absolute atomic E-state index is 0.238. The first-order chi connectivity index (χ1) is 17.3. The Kier molecular flexibility index (Phi) is 7.49. The second-order valence-electron chi connectivity index (χ2n) is 9.41. The maximum atomic E-state index is 13.1. The Morgan fingerprint density at radius 1 is 0.889 bits per heavy atom. The first-order valence-corrected chi connectivity index (χ1v) is 11.8. The number of anilines is 1. The van der Waals surface area contributed by atoms with Crippen LogP contribution < -0.4 is 10.6 Å². The largest absolute Gasteiger partial charge is 0.444 e. The molecule has 4 rings (SSSR count). The smallest absolute Gasteiger partial charge is 0.408 e. The normalized spacial score (nSPS) is 12.0. The lowest BCUT2D eigenvalue weighted by Crippen LogP contribution is -2.36. The summed E-state index contributed by atoms with van der Waals surface area (Å²) in [5.41, 5.74) is 2.72. The molecule has 0 aliphatic carbocycles. The Bertz CT molecular complexity index is 1300. The Hall–Kier alpha value is -4.39. The van der Waals surface area contributed by atoms with Crippen molar-refractivity contribution in [1.82, 2.24) is 15.1 Å². The molecular weight excluding hydrogens is 452 g/mol. The SMILES string of the molecule is CC(C)(C)OC(=O)N[C@@H](Cc1ccccc1)c1cc(C(=O)Nc2ccccc2)nn1-c1ccccc1. The van der Waals surface area contributed by atoms with Crippen LogP contribution >= 0.6 is 0 Å². The van der Waals surface area contributed by atoms with Crippen molar-refractivity contribution in [2.24, 2.45) is 0 Å². The van der Waals surface area contributed by atoms with Crippen LogP contribution in [-0.2, 0) is 11.2 Å². The molecule has 4 aromatic rings. The molecule has 1 aromatic heterocycles. The number of nitrogens with zero attached hydrogens (tertiary/aromatic N) is 2. The van der Waals surface area contributed by atoms with Crippen molar-refractivity contribution in [2.75, 3.05) is 5.32 Å². The Morgan fingerprint density at radius 2 is 1.47 bits per heavy atom. The molecular formula is C29H30N4O3. The minimum atomic E-state index is -0.651. The van der Waals surface area contributed by atoms with E-state index in [9.17, 15) is 9.59 Å². The predicted molar refractivity (Wildman–Crippen MR) is 140 cm³/mol. The molecule has 2 amide bonds. The molecule has 7 nitrogen and oxygen atoms in total. The van der Waals surface area contributed by atoms with E-state index in [1.54, 1.807) is 10.7 Å². The van der Waals surface area contributed by atoms with Crippen LogP contribution in [0, 0.1) is 0 Å². The van der Waals surface area contributed by atoms with Crippen LogP contribution in [0.2, 0.25) is 0 Å². The van der Waals surface area contributed by atoms with Gasteiger partial charge in [-0.05, 0) is 63.1 Å². The third kappa shape index (κ3) is 6.60. The van der Waals surface area contributed by atoms with Crippen molar-refractivity contribution in [3.8, 4) is 5.69 Å². The summed E-state index contributed by atoms with van der Waals surface area (Å²) in [7, 11) is 0. The average molecular weight is 483 g/mol. The van der Waals surface area contributed by atoms with Crippen LogP contribution in [0.25, 0.3) is 5.69 Å². The van der Waals surface area contributed by atoms with Gasteiger partial charge in [0, 0.05) is 5.69 Å². The number of para-hydroxylation sites is 2. The molecule has 0 fully saturated rings. The molecule has 3 aromatic carbocycles. The van der Waals surface area contributed by atoms with Crippen molar-refractivity contribution in [3.05, 3.63) is 114 Å². The summed E-state index contributed by atoms with van der Waals surface area (Å²) < 4.78 is 7.25. The van der Waals surface area contributed by atoms with E-state index in [0.717, 1.165) is 11.3 Å². The highest BCUT2D eigenvalue weighted by atomic mass is 16.6. The van der Waals surface area contributed by atoms with Crippen molar-refractivity contribution in [1.29, 1.82) is 0 Å². The number of carbonyl (C=O) groups is 2. The molecule has 0 saturated heterocycles. The average Bonchev–Trinajstić information content (AvgIpc) is 3.30. The van der Waals surface area contributed by atoms with Gasteiger partial charge in [0.1, 0.15) is 5.60 Å². The van der Waals surface area contributed by atoms with Gasteiger partial charge in [-0.1, -0.05) is 66.7 Å². The minimum Gasteiger partial charge on any atom is -0.444 e. The molecule has 0 bridgehead atoms. The molecule has 36 heavy (non-hydrogen) atoms. The van der Waals surface area contributed by atoms with Crippen molar-refractivity contribution in [2.45, 2.75) is 38.8 Å². The van der Waals surface area contributed by atoms with Gasteiger partial charge in [-0.25, -0.2) is 9.48 Å². The topological polar surface area (TPSA) is 85.2 Å². The fourth-order valence-corrected chi connectivity index (χ4v) is 3.78. The van der Waals surface area contributed by atoms with Crippen LogP contribution in [0.5, 0.6) is 0 Å². The first kappa shape index (κ1) is 24.7. The number of nitrogens with one attached hydrogen (secondary N) is 2. The van der Waals surface area contributed by atoms with Gasteiger partial charge >= 0.3 is 6.09 Å². The molecule has 2 N–H and O–H groups in total. The van der Waals surface area contributed by atoms with Gasteiger partial charge in [-0.2, -0.15) is 5.10 Å². The monoisotopic (exact) mass is 482 g/mol. The molecule has 0 unspecified atom stereocenters. The maximum Gasteiger partial charge on any atom is 0.408 e. The zero-order valence-corrected chi connectivity index (χ0v) is 20.6. The molecule has 1 atom stereocenters. The lowest BCUT2D eigenvalue weighted by molar-refractivity contribution is 0.0501. The van der Waals surface area contributed by atoms with Gasteiger partial charge in [0.15, 0.2) is 5.69 Å². The van der Waals surface area contributed by atoms with Crippen LogP contribution in [0.15, 0.2) is 97.1 Å². The lowest BCUT2D eigenvalue weighted by atomic mass is 10.0. The molecule has 0 spiro atoms. The summed E-state index contributed by atoms with van der Waals surface area (Å²) in [4.78, 5) is 25.9. The molecule has 1 heterocycles. The Labute approximate surface area is 211 Å². The summed E-state index contributed by atoms with van der Waals surface area (Å²) in [5.74, 6) is -0.340. The van der Waals surface area contributed by atoms with Crippen molar-refractivity contribution < 1.29 is 14.3 Å². The van der Waals surface area contributed by atoms with E-state index in [1.807, 2.05) is 112 Å². The van der Waals surface area contributed by atoms with Crippen LogP contribution in [0.1, 0.15) is 48.6 Å². The van der Waals surface area contributed by atoms with Crippen molar-refractivity contribution >= 4 is 17.7 Å². The molecule has 7 heteroatoms. The Morgan fingerprint density at radius 3 is 2.08 bits per heavy atom. The van der Waals surface area contributed by atoms with Gasteiger partial charge in [-0.15, -0.1) is 0 Å². The molecule has 0 radical (unpaired) electrons. The van der Waals surface area contributed by atoms with E-state index in [0.29, 0.717) is 17.8 Å². The van der Waals surface area contributed by atoms with Gasteiger partial charge in [0.2, 0.25) is 0 Å². The van der Waals surface area contributed by atoms with E-state index in [-0.39, 0.29) is 11.6 Å². The van der Waals surface area contributed by atoms with Gasteiger partial charge < -0.3 is 15.4 Å². The molecule has 0 aliphatic heterocycles. The summed E-state index contributed by atoms with van der Waals surface area (Å²) >= 11 is 0. The summed E-state index contributed by atoms with van der Waals surface area (Å²) in [6.07, 6.45) is -0.0576. The summed E-state index contributed by atoms with van der Waals surface area (Å²) in [6.45, 7) is 5.46. The highest BCUT2D eigenvalue weighted by molar-refractivity contribution is 6.03. The summed E-state index contributed by atoms with van der Waals surface area (Å²) in [6, 6.07) is 29.8. The van der Waals surface area contributed by atoms with Crippen LogP contribution in [0.3, 0.4) is 0 Å². The number of ether oxygens (including phenoxy) is 1. The number of carbonyl (C=O) groups excluding carboxylic acids is 2. The molecule has 0 saturated carbocycles. The standard InChI is InChI=1S/C29H30N4O3/c1-29(2,3)36-28(35)31-24(19-21-13-7-4-8-14-21)26-20-25(27(34)30-22-15-9-5-10-16-22)32-33(26)23-17-11-6-12-18-23/h4-18,20,24H,19H2,1-3H3,(H,30,34)(H,31,35)/t24-/m0/s1. The lowest BCUT2D eigenvalue weighted by Gasteiger charge is -2.24. The van der Waals surface area contributed by atoms with Gasteiger partial charge in [0.25, 0.3) is 5.91 Å². The zero-order chi connectivity index (χ0) is 25.5. The fourth-order valence-electron chi connectivity index (χ4n) is 3.78. The maximum absolute atomic E-state index is 13.1. The van der Waals surface area contributed by atoms with E-state index < -0.39 is 17.7 Å². The second kappa shape index (κ2) is 10.9. The zero-order valence-electron chi connectivity index (χ0n) is 20.6. The fraction of sp³-hybridized carbons (Fsp3) is 0.207. The first-order valence-electron chi connectivity index (χ1n) is 11.8. The predicted octanol–water partition coefficient (Wildman–Crippen LogP) is 5.93. The van der Waals surface area contributed by atoms with Gasteiger partial charge in [0.05, 0.1) is 17.4 Å². The van der Waals surface area contributed by atoms with E-state index in [1.165, 1.54) is 0 Å². The number of amides is 2. The Balaban J connectivity index is 1.73. The van der Waals surface area contributed by atoms with Gasteiger partial charge in [-0.3, -0.25) is 4.79 Å². The summed E-state index contributed by atoms with van der Waals surface area (Å²) in [5, 5.41) is 10.5. The number of alkyl carbamates (subject to hydrolysis) is 1. The number of aromatic nitrogens is 2. The number of hydrogen-bond acceptors (Lipinski definition) is 4. The van der Waals surface area contributed by atoms with Crippen molar-refractivity contribution in [3.63, 3.8) is 0 Å². The third-order valence-electron chi connectivity index (χ3n) is 5.33. The highest BCUT2D eigenvalue weighted by Gasteiger charge is 2.26. The third-order valence-corrected chi connectivity index (χ3v) is 5.33. The van der Waals surface area contributed by atoms with Crippen LogP contribution in [-0.4, -0.2) is 27.4 Å². The number of rotatable bonds is 7. The molecule has 0 aliphatic rings. The van der Waals surface area contributed by atoms with E-state index in [4.69, 9.17) is 4.74 Å².